The standard InChI is InChI=1S/C30H21N7O5/c1-17(38)42-23-8-9-25-24(14-23)28(33-22-7-10-26-20(13-22)16-32-37(26)30(40)41)36-27(35-25)18-4-2-6-21(12-18)34-29(39)19-5-3-11-31-15-19/h2-16H,1H3,(H,34,39)(H,40,41)(H,33,35,36)/p-1. The Morgan fingerprint density at radius 3 is 2.57 bits per heavy atom. The number of pyridine rings is 1. The maximum absolute atomic E-state index is 12.7. The first-order valence-electron chi connectivity index (χ1n) is 12.6. The third kappa shape index (κ3) is 5.31. The summed E-state index contributed by atoms with van der Waals surface area (Å²) >= 11 is 0. The Hall–Kier alpha value is -6.17. The van der Waals surface area contributed by atoms with Crippen molar-refractivity contribution in [2.75, 3.05) is 10.6 Å². The smallest absolute Gasteiger partial charge is 0.308 e. The second kappa shape index (κ2) is 10.8. The normalized spacial score (nSPS) is 10.9. The van der Waals surface area contributed by atoms with Crippen LogP contribution in [0, 0.1) is 0 Å². The van der Waals surface area contributed by atoms with E-state index in [2.05, 4.69) is 20.7 Å². The minimum atomic E-state index is -1.44. The van der Waals surface area contributed by atoms with Gasteiger partial charge in [-0.05, 0) is 60.7 Å². The number of benzene rings is 3. The second-order valence-corrected chi connectivity index (χ2v) is 9.17. The lowest BCUT2D eigenvalue weighted by Gasteiger charge is -2.13. The molecule has 3 heterocycles. The van der Waals surface area contributed by atoms with E-state index in [0.29, 0.717) is 61.7 Å². The molecule has 0 aliphatic rings. The number of hydrogen-bond donors (Lipinski definition) is 2. The summed E-state index contributed by atoms with van der Waals surface area (Å²) in [5.41, 5.74) is 3.13. The third-order valence-corrected chi connectivity index (χ3v) is 6.23. The monoisotopic (exact) mass is 558 g/mol. The first kappa shape index (κ1) is 26.1. The second-order valence-electron chi connectivity index (χ2n) is 9.17. The molecular weight excluding hydrogens is 538 g/mol. The van der Waals surface area contributed by atoms with Crippen LogP contribution in [0.4, 0.5) is 22.0 Å². The average molecular weight is 559 g/mol. The van der Waals surface area contributed by atoms with Crippen molar-refractivity contribution < 1.29 is 24.2 Å². The van der Waals surface area contributed by atoms with Gasteiger partial charge in [0.25, 0.3) is 5.91 Å². The van der Waals surface area contributed by atoms with Gasteiger partial charge in [-0.1, -0.05) is 12.1 Å². The van der Waals surface area contributed by atoms with E-state index >= 15 is 0 Å². The molecule has 3 aromatic heterocycles. The fraction of sp³-hybridized carbons (Fsp3) is 0.0333. The zero-order valence-corrected chi connectivity index (χ0v) is 21.9. The summed E-state index contributed by atoms with van der Waals surface area (Å²) < 4.78 is 6.06. The van der Waals surface area contributed by atoms with Crippen LogP contribution in [-0.2, 0) is 4.79 Å². The molecule has 0 saturated carbocycles. The minimum absolute atomic E-state index is 0.308. The van der Waals surface area contributed by atoms with Crippen LogP contribution in [0.25, 0.3) is 33.2 Å². The molecule has 0 radical (unpaired) electrons. The van der Waals surface area contributed by atoms with E-state index in [0.717, 1.165) is 4.68 Å². The number of hydrogen-bond acceptors (Lipinski definition) is 10. The zero-order valence-electron chi connectivity index (χ0n) is 21.9. The topological polar surface area (TPSA) is 164 Å². The highest BCUT2D eigenvalue weighted by Gasteiger charge is 2.14. The number of nitrogens with one attached hydrogen (secondary N) is 2. The molecule has 0 atom stereocenters. The van der Waals surface area contributed by atoms with Crippen molar-refractivity contribution in [2.24, 2.45) is 0 Å². The highest BCUT2D eigenvalue weighted by atomic mass is 16.5. The van der Waals surface area contributed by atoms with Gasteiger partial charge in [0.15, 0.2) is 11.9 Å². The number of nitrogens with zero attached hydrogens (tertiary/aromatic N) is 5. The summed E-state index contributed by atoms with van der Waals surface area (Å²) in [6.45, 7) is 1.31. The van der Waals surface area contributed by atoms with Crippen molar-refractivity contribution in [3.8, 4) is 17.1 Å². The number of fused-ring (bicyclic) bond motifs is 2. The highest BCUT2D eigenvalue weighted by molar-refractivity contribution is 6.04. The van der Waals surface area contributed by atoms with E-state index in [1.807, 2.05) is 6.07 Å². The van der Waals surface area contributed by atoms with Gasteiger partial charge in [0.2, 0.25) is 0 Å². The van der Waals surface area contributed by atoms with Gasteiger partial charge in [-0.15, -0.1) is 0 Å². The average Bonchev–Trinajstić information content (AvgIpc) is 3.41. The Labute approximate surface area is 237 Å². The number of ether oxygens (including phenoxy) is 1. The van der Waals surface area contributed by atoms with E-state index < -0.39 is 12.1 Å². The number of carbonyl (C=O) groups excluding carboxylic acids is 3. The molecule has 0 aliphatic heterocycles. The van der Waals surface area contributed by atoms with Gasteiger partial charge < -0.3 is 25.3 Å². The molecule has 0 spiro atoms. The van der Waals surface area contributed by atoms with Crippen LogP contribution in [0.1, 0.15) is 17.3 Å². The van der Waals surface area contributed by atoms with Crippen LogP contribution in [0.3, 0.4) is 0 Å². The fourth-order valence-corrected chi connectivity index (χ4v) is 4.39. The highest BCUT2D eigenvalue weighted by Crippen LogP contribution is 2.32. The maximum Gasteiger partial charge on any atom is 0.308 e. The van der Waals surface area contributed by atoms with Crippen molar-refractivity contribution in [1.29, 1.82) is 0 Å². The molecule has 0 aliphatic carbocycles. The van der Waals surface area contributed by atoms with E-state index in [1.54, 1.807) is 72.9 Å². The Bertz CT molecular complexity index is 2010. The molecule has 0 unspecified atom stereocenters. The molecule has 2 N–H and O–H groups in total. The third-order valence-electron chi connectivity index (χ3n) is 6.23. The predicted octanol–water partition coefficient (Wildman–Crippen LogP) is 4.15. The van der Waals surface area contributed by atoms with Gasteiger partial charge in [0.05, 0.1) is 22.8 Å². The lowest BCUT2D eigenvalue weighted by molar-refractivity contribution is -0.251. The number of esters is 1. The van der Waals surface area contributed by atoms with Crippen LogP contribution in [-0.4, -0.2) is 42.7 Å². The van der Waals surface area contributed by atoms with Gasteiger partial charge in [0.1, 0.15) is 11.6 Å². The minimum Gasteiger partial charge on any atom is -0.528 e. The molecule has 12 heteroatoms. The molecule has 12 nitrogen and oxygen atoms in total. The van der Waals surface area contributed by atoms with E-state index in [9.17, 15) is 19.5 Å². The van der Waals surface area contributed by atoms with E-state index in [-0.39, 0.29) is 5.91 Å². The summed E-state index contributed by atoms with van der Waals surface area (Å²) in [7, 11) is 0. The number of aromatic nitrogens is 5. The van der Waals surface area contributed by atoms with Crippen molar-refractivity contribution in [3.63, 3.8) is 0 Å². The van der Waals surface area contributed by atoms with Crippen LogP contribution < -0.4 is 20.5 Å². The van der Waals surface area contributed by atoms with Crippen LogP contribution >= 0.6 is 0 Å². The Morgan fingerprint density at radius 1 is 0.905 bits per heavy atom. The number of rotatable bonds is 6. The SMILES string of the molecule is CC(=O)Oc1ccc2nc(-c3cccc(NC(=O)c4cccnc4)c3)nc(Nc3ccc4c(cnn4C(=O)[O-])c3)c2c1. The van der Waals surface area contributed by atoms with Crippen molar-refractivity contribution in [1.82, 2.24) is 24.7 Å². The van der Waals surface area contributed by atoms with Gasteiger partial charge in [-0.25, -0.2) is 14.6 Å². The van der Waals surface area contributed by atoms with Crippen LogP contribution in [0.2, 0.25) is 0 Å². The molecule has 3 aromatic carbocycles. The molecule has 42 heavy (non-hydrogen) atoms. The van der Waals surface area contributed by atoms with E-state index in [4.69, 9.17) is 14.7 Å². The summed E-state index contributed by atoms with van der Waals surface area (Å²) in [5.74, 6) is 0.313. The molecule has 0 fully saturated rings. The predicted molar refractivity (Wildman–Crippen MR) is 152 cm³/mol. The summed E-state index contributed by atoms with van der Waals surface area (Å²) in [5, 5.41) is 22.5. The molecule has 6 aromatic rings. The first-order chi connectivity index (χ1) is 20.3. The van der Waals surface area contributed by atoms with E-state index in [1.165, 1.54) is 19.3 Å². The quantitative estimate of drug-likeness (QED) is 0.224. The Kier molecular flexibility index (Phi) is 6.69. The van der Waals surface area contributed by atoms with Gasteiger partial charge >= 0.3 is 5.97 Å². The lowest BCUT2D eigenvalue weighted by atomic mass is 10.1. The Morgan fingerprint density at radius 2 is 1.79 bits per heavy atom. The number of amides is 1. The molecule has 0 saturated heterocycles. The Balaban J connectivity index is 1.40. The lowest BCUT2D eigenvalue weighted by Crippen LogP contribution is -2.29. The molecule has 6 rings (SSSR count). The number of carbonyl (C=O) groups is 3. The molecular formula is C30H20N7O5-. The van der Waals surface area contributed by atoms with Crippen molar-refractivity contribution in [2.45, 2.75) is 6.92 Å². The van der Waals surface area contributed by atoms with Crippen LogP contribution in [0.5, 0.6) is 5.75 Å². The maximum atomic E-state index is 12.7. The van der Waals surface area contributed by atoms with Crippen LogP contribution in [0.15, 0.2) is 91.4 Å². The largest absolute Gasteiger partial charge is 0.528 e. The number of carboxylic acid groups (broad SMARTS) is 1. The van der Waals surface area contributed by atoms with Gasteiger partial charge in [-0.2, -0.15) is 5.10 Å². The molecule has 1 amide bonds. The number of anilines is 3. The first-order valence-corrected chi connectivity index (χ1v) is 12.6. The van der Waals surface area contributed by atoms with Gasteiger partial charge in [-0.3, -0.25) is 14.6 Å². The summed E-state index contributed by atoms with van der Waals surface area (Å²) in [6, 6.07) is 20.5. The summed E-state index contributed by atoms with van der Waals surface area (Å²) in [6.07, 6.45) is 3.06. The molecule has 0 bridgehead atoms. The molecule has 206 valence electrons. The van der Waals surface area contributed by atoms with Crippen molar-refractivity contribution >= 4 is 57.0 Å². The zero-order chi connectivity index (χ0) is 29.2. The van der Waals surface area contributed by atoms with Crippen molar-refractivity contribution in [3.05, 3.63) is 97.0 Å². The van der Waals surface area contributed by atoms with Gasteiger partial charge in [0, 0.05) is 47.0 Å². The fourth-order valence-electron chi connectivity index (χ4n) is 4.39. The summed E-state index contributed by atoms with van der Waals surface area (Å²) in [4.78, 5) is 49.0.